The molecule has 1 amide bonds. The topological polar surface area (TPSA) is 74.2 Å². The smallest absolute Gasteiger partial charge is 0.251 e. The van der Waals surface area contributed by atoms with Crippen LogP contribution in [0.5, 0.6) is 5.75 Å². The SMILES string of the molecule is O=C(NC1CC1)c1ccnc(-c2cc(O)cc(CCC3CCCCN3)c2)c1. The molecule has 1 unspecified atom stereocenters. The number of piperidine rings is 1. The Balaban J connectivity index is 1.49. The highest BCUT2D eigenvalue weighted by Crippen LogP contribution is 2.26. The highest BCUT2D eigenvalue weighted by Gasteiger charge is 2.24. The molecule has 5 heteroatoms. The second kappa shape index (κ2) is 8.09. The molecule has 1 aromatic carbocycles. The van der Waals surface area contributed by atoms with E-state index in [0.717, 1.165) is 43.4 Å². The average Bonchev–Trinajstić information content (AvgIpc) is 3.51. The predicted molar refractivity (Wildman–Crippen MR) is 106 cm³/mol. The number of pyridine rings is 1. The van der Waals surface area contributed by atoms with Crippen LogP contribution in [-0.2, 0) is 6.42 Å². The summed E-state index contributed by atoms with van der Waals surface area (Å²) in [6.45, 7) is 1.11. The maximum atomic E-state index is 12.3. The Morgan fingerprint density at radius 1 is 1.19 bits per heavy atom. The van der Waals surface area contributed by atoms with E-state index in [1.165, 1.54) is 19.3 Å². The molecule has 2 fully saturated rings. The number of aromatic nitrogens is 1. The summed E-state index contributed by atoms with van der Waals surface area (Å²) < 4.78 is 0. The van der Waals surface area contributed by atoms with Gasteiger partial charge in [0.1, 0.15) is 5.75 Å². The van der Waals surface area contributed by atoms with Gasteiger partial charge in [0.25, 0.3) is 5.91 Å². The van der Waals surface area contributed by atoms with Gasteiger partial charge in [0.05, 0.1) is 5.69 Å². The van der Waals surface area contributed by atoms with Gasteiger partial charge in [-0.15, -0.1) is 0 Å². The number of hydrogen-bond donors (Lipinski definition) is 3. The Bertz CT molecular complexity index is 811. The number of phenolic OH excluding ortho intramolecular Hbond substituents is 1. The summed E-state index contributed by atoms with van der Waals surface area (Å²) in [6.07, 6.45) is 9.57. The average molecular weight is 365 g/mol. The molecular weight excluding hydrogens is 338 g/mol. The van der Waals surface area contributed by atoms with E-state index in [2.05, 4.69) is 21.7 Å². The summed E-state index contributed by atoms with van der Waals surface area (Å²) >= 11 is 0. The lowest BCUT2D eigenvalue weighted by Gasteiger charge is -2.23. The lowest BCUT2D eigenvalue weighted by molar-refractivity contribution is 0.0951. The Morgan fingerprint density at radius 2 is 2.07 bits per heavy atom. The molecule has 1 aliphatic carbocycles. The maximum absolute atomic E-state index is 12.3. The zero-order valence-corrected chi connectivity index (χ0v) is 15.6. The molecule has 4 rings (SSSR count). The van der Waals surface area contributed by atoms with Crippen molar-refractivity contribution < 1.29 is 9.90 Å². The first-order valence-corrected chi connectivity index (χ1v) is 10.0. The predicted octanol–water partition coefficient (Wildman–Crippen LogP) is 3.42. The minimum atomic E-state index is -0.0510. The fourth-order valence-corrected chi connectivity index (χ4v) is 3.70. The van der Waals surface area contributed by atoms with Crippen molar-refractivity contribution in [3.63, 3.8) is 0 Å². The third-order valence-electron chi connectivity index (χ3n) is 5.40. The molecule has 1 aliphatic heterocycles. The van der Waals surface area contributed by atoms with Gasteiger partial charge in [-0.2, -0.15) is 0 Å². The molecule has 2 aromatic rings. The monoisotopic (exact) mass is 365 g/mol. The number of aromatic hydroxyl groups is 1. The van der Waals surface area contributed by atoms with Crippen LogP contribution in [0.15, 0.2) is 36.5 Å². The molecule has 1 atom stereocenters. The van der Waals surface area contributed by atoms with Crippen molar-refractivity contribution in [3.05, 3.63) is 47.7 Å². The van der Waals surface area contributed by atoms with E-state index in [-0.39, 0.29) is 11.7 Å². The van der Waals surface area contributed by atoms with E-state index in [4.69, 9.17) is 0 Å². The van der Waals surface area contributed by atoms with Gasteiger partial charge in [-0.1, -0.05) is 6.42 Å². The Hall–Kier alpha value is -2.40. The molecule has 142 valence electrons. The molecule has 1 saturated carbocycles. The summed E-state index contributed by atoms with van der Waals surface area (Å²) in [4.78, 5) is 16.7. The number of aryl methyl sites for hydroxylation is 1. The highest BCUT2D eigenvalue weighted by atomic mass is 16.3. The number of hydrogen-bond acceptors (Lipinski definition) is 4. The Morgan fingerprint density at radius 3 is 2.85 bits per heavy atom. The van der Waals surface area contributed by atoms with Gasteiger partial charge >= 0.3 is 0 Å². The van der Waals surface area contributed by atoms with E-state index >= 15 is 0 Å². The number of carbonyl (C=O) groups is 1. The Kier molecular flexibility index (Phi) is 5.39. The lowest BCUT2D eigenvalue weighted by atomic mass is 9.96. The van der Waals surface area contributed by atoms with Crippen molar-refractivity contribution >= 4 is 5.91 Å². The maximum Gasteiger partial charge on any atom is 0.251 e. The molecule has 1 saturated heterocycles. The van der Waals surface area contributed by atoms with Crippen LogP contribution in [0.2, 0.25) is 0 Å². The fraction of sp³-hybridized carbons (Fsp3) is 0.455. The second-order valence-electron chi connectivity index (χ2n) is 7.75. The second-order valence-corrected chi connectivity index (χ2v) is 7.75. The fourth-order valence-electron chi connectivity index (χ4n) is 3.70. The van der Waals surface area contributed by atoms with Crippen LogP contribution in [0.25, 0.3) is 11.3 Å². The quantitative estimate of drug-likeness (QED) is 0.733. The van der Waals surface area contributed by atoms with Crippen molar-refractivity contribution in [1.82, 2.24) is 15.6 Å². The van der Waals surface area contributed by atoms with Crippen LogP contribution in [-0.4, -0.2) is 34.6 Å². The first kappa shape index (κ1) is 18.0. The highest BCUT2D eigenvalue weighted by molar-refractivity contribution is 5.95. The van der Waals surface area contributed by atoms with Crippen molar-refractivity contribution in [2.24, 2.45) is 0 Å². The first-order valence-electron chi connectivity index (χ1n) is 10.0. The lowest BCUT2D eigenvalue weighted by Crippen LogP contribution is -2.34. The van der Waals surface area contributed by atoms with Gasteiger partial charge in [-0.25, -0.2) is 0 Å². The van der Waals surface area contributed by atoms with Crippen LogP contribution in [0.3, 0.4) is 0 Å². The summed E-state index contributed by atoms with van der Waals surface area (Å²) in [6, 6.07) is 10.1. The largest absolute Gasteiger partial charge is 0.508 e. The van der Waals surface area contributed by atoms with Crippen molar-refractivity contribution in [2.75, 3.05) is 6.54 Å². The minimum Gasteiger partial charge on any atom is -0.508 e. The van der Waals surface area contributed by atoms with Gasteiger partial charge in [-0.3, -0.25) is 9.78 Å². The number of benzene rings is 1. The number of nitrogens with zero attached hydrogens (tertiary/aromatic N) is 1. The van der Waals surface area contributed by atoms with E-state index in [1.54, 1.807) is 24.4 Å². The van der Waals surface area contributed by atoms with Crippen LogP contribution >= 0.6 is 0 Å². The van der Waals surface area contributed by atoms with Crippen molar-refractivity contribution in [2.45, 2.75) is 57.0 Å². The standard InChI is InChI=1S/C22H27N3O2/c26-20-12-15(4-5-18-3-1-2-9-23-18)11-17(13-20)21-14-16(8-10-24-21)22(27)25-19-6-7-19/h8,10-14,18-19,23,26H,1-7,9H2,(H,25,27). The number of carbonyl (C=O) groups excluding carboxylic acids is 1. The zero-order valence-electron chi connectivity index (χ0n) is 15.6. The Labute approximate surface area is 160 Å². The number of amides is 1. The third-order valence-corrected chi connectivity index (χ3v) is 5.40. The first-order chi connectivity index (χ1) is 13.2. The van der Waals surface area contributed by atoms with E-state index in [1.807, 2.05) is 6.07 Å². The van der Waals surface area contributed by atoms with Crippen molar-refractivity contribution in [3.8, 4) is 17.0 Å². The molecule has 0 spiro atoms. The van der Waals surface area contributed by atoms with E-state index in [9.17, 15) is 9.90 Å². The van der Waals surface area contributed by atoms with Crippen LogP contribution in [0.4, 0.5) is 0 Å². The molecule has 2 heterocycles. The summed E-state index contributed by atoms with van der Waals surface area (Å²) in [5, 5.41) is 16.8. The van der Waals surface area contributed by atoms with Gasteiger partial charge in [0, 0.05) is 29.4 Å². The summed E-state index contributed by atoms with van der Waals surface area (Å²) in [5.41, 5.74) is 3.28. The van der Waals surface area contributed by atoms with Crippen LogP contribution < -0.4 is 10.6 Å². The van der Waals surface area contributed by atoms with E-state index < -0.39 is 0 Å². The van der Waals surface area contributed by atoms with Gasteiger partial charge < -0.3 is 15.7 Å². The summed E-state index contributed by atoms with van der Waals surface area (Å²) in [5.74, 6) is 0.193. The minimum absolute atomic E-state index is 0.0510. The summed E-state index contributed by atoms with van der Waals surface area (Å²) in [7, 11) is 0. The molecule has 0 bridgehead atoms. The number of phenols is 1. The zero-order chi connectivity index (χ0) is 18.6. The van der Waals surface area contributed by atoms with Gasteiger partial charge in [-0.05, 0) is 81.0 Å². The van der Waals surface area contributed by atoms with Gasteiger partial charge in [0.2, 0.25) is 0 Å². The molecular formula is C22H27N3O2. The number of nitrogens with one attached hydrogen (secondary N) is 2. The van der Waals surface area contributed by atoms with E-state index in [0.29, 0.717) is 23.3 Å². The third kappa shape index (κ3) is 4.86. The molecule has 3 N–H and O–H groups in total. The molecule has 5 nitrogen and oxygen atoms in total. The molecule has 27 heavy (non-hydrogen) atoms. The van der Waals surface area contributed by atoms with Crippen molar-refractivity contribution in [1.29, 1.82) is 0 Å². The van der Waals surface area contributed by atoms with Crippen LogP contribution in [0, 0.1) is 0 Å². The normalized spacial score (nSPS) is 19.6. The number of rotatable bonds is 6. The molecule has 1 aromatic heterocycles. The van der Waals surface area contributed by atoms with Crippen LogP contribution in [0.1, 0.15) is 54.4 Å². The molecule has 0 radical (unpaired) electrons. The van der Waals surface area contributed by atoms with Gasteiger partial charge in [0.15, 0.2) is 0 Å². The molecule has 2 aliphatic rings.